The van der Waals surface area contributed by atoms with Gasteiger partial charge >= 0.3 is 0 Å². The third-order valence-electron chi connectivity index (χ3n) is 3.15. The highest BCUT2D eigenvalue weighted by molar-refractivity contribution is 9.10. The molecule has 6 heteroatoms. The molecule has 1 heterocycles. The molecule has 0 aliphatic rings. The number of aryl methyl sites for hydroxylation is 2. The van der Waals surface area contributed by atoms with Crippen LogP contribution >= 0.6 is 39.1 Å². The molecule has 0 spiro atoms. The number of benzene rings is 1. The van der Waals surface area contributed by atoms with Crippen molar-refractivity contribution in [3.8, 4) is 0 Å². The summed E-state index contributed by atoms with van der Waals surface area (Å²) in [6, 6.07) is 5.41. The third-order valence-corrected chi connectivity index (χ3v) is 4.92. The van der Waals surface area contributed by atoms with Crippen LogP contribution in [-0.4, -0.2) is 21.0 Å². The van der Waals surface area contributed by atoms with Crippen LogP contribution in [0.25, 0.3) is 0 Å². The number of halogens is 3. The molecule has 0 saturated heterocycles. The van der Waals surface area contributed by atoms with E-state index in [1.165, 1.54) is 0 Å². The van der Waals surface area contributed by atoms with Crippen LogP contribution in [-0.2, 0) is 19.9 Å². The normalized spacial score (nSPS) is 12.7. The van der Waals surface area contributed by atoms with Crippen LogP contribution < -0.4 is 0 Å². The summed E-state index contributed by atoms with van der Waals surface area (Å²) in [6.45, 7) is 1.93. The quantitative estimate of drug-likeness (QED) is 0.876. The van der Waals surface area contributed by atoms with E-state index in [9.17, 15) is 5.11 Å². The fraction of sp³-hybridized carbons (Fsp3) is 0.357. The van der Waals surface area contributed by atoms with Gasteiger partial charge in [-0.05, 0) is 47.0 Å². The number of aromatic nitrogens is 2. The average Bonchev–Trinajstić information content (AvgIpc) is 2.61. The summed E-state index contributed by atoms with van der Waals surface area (Å²) in [6.07, 6.45) is 0.546. The molecule has 108 valence electrons. The average molecular weight is 378 g/mol. The molecule has 1 atom stereocenters. The maximum atomic E-state index is 10.2. The molecule has 0 fully saturated rings. The topological polar surface area (TPSA) is 38.0 Å². The van der Waals surface area contributed by atoms with Crippen molar-refractivity contribution in [1.29, 1.82) is 0 Å². The molecule has 0 saturated carbocycles. The van der Waals surface area contributed by atoms with Crippen molar-refractivity contribution in [3.05, 3.63) is 49.7 Å². The first-order chi connectivity index (χ1) is 9.38. The van der Waals surface area contributed by atoms with Gasteiger partial charge in [0.05, 0.1) is 32.0 Å². The molecule has 0 amide bonds. The van der Waals surface area contributed by atoms with Crippen molar-refractivity contribution in [2.24, 2.45) is 7.05 Å². The van der Waals surface area contributed by atoms with E-state index in [1.807, 2.05) is 20.0 Å². The summed E-state index contributed by atoms with van der Waals surface area (Å²) in [5.41, 5.74) is 2.86. The van der Waals surface area contributed by atoms with Gasteiger partial charge in [0.15, 0.2) is 0 Å². The maximum absolute atomic E-state index is 10.2. The van der Waals surface area contributed by atoms with Crippen LogP contribution in [0.5, 0.6) is 0 Å². The van der Waals surface area contributed by atoms with Gasteiger partial charge in [-0.25, -0.2) is 0 Å². The molecular weight excluding hydrogens is 363 g/mol. The first-order valence-electron chi connectivity index (χ1n) is 6.18. The fourth-order valence-electron chi connectivity index (χ4n) is 2.14. The highest BCUT2D eigenvalue weighted by atomic mass is 79.9. The minimum absolute atomic E-state index is 0.502. The first kappa shape index (κ1) is 15.8. The molecule has 2 rings (SSSR count). The second-order valence-corrected chi connectivity index (χ2v) is 6.39. The highest BCUT2D eigenvalue weighted by Crippen LogP contribution is 2.25. The van der Waals surface area contributed by atoms with Crippen molar-refractivity contribution < 1.29 is 5.11 Å². The number of aliphatic hydroxyl groups excluding tert-OH is 1. The Bertz CT molecular complexity index is 628. The van der Waals surface area contributed by atoms with Crippen LogP contribution in [0.2, 0.25) is 10.0 Å². The monoisotopic (exact) mass is 376 g/mol. The molecule has 0 aliphatic carbocycles. The van der Waals surface area contributed by atoms with Crippen molar-refractivity contribution in [1.82, 2.24) is 9.78 Å². The lowest BCUT2D eigenvalue weighted by molar-refractivity contribution is 0.172. The molecule has 1 unspecified atom stereocenters. The Labute approximate surface area is 136 Å². The van der Waals surface area contributed by atoms with Crippen molar-refractivity contribution in [2.45, 2.75) is 25.9 Å². The van der Waals surface area contributed by atoms with Gasteiger partial charge in [-0.3, -0.25) is 4.68 Å². The number of hydrogen-bond acceptors (Lipinski definition) is 2. The van der Waals surface area contributed by atoms with E-state index in [1.54, 1.807) is 16.8 Å². The summed E-state index contributed by atoms with van der Waals surface area (Å²) >= 11 is 15.4. The lowest BCUT2D eigenvalue weighted by Crippen LogP contribution is -2.16. The van der Waals surface area contributed by atoms with E-state index in [0.717, 1.165) is 21.4 Å². The first-order valence-corrected chi connectivity index (χ1v) is 7.73. The number of aliphatic hydroxyl groups is 1. The van der Waals surface area contributed by atoms with Crippen LogP contribution in [0.4, 0.5) is 0 Å². The van der Waals surface area contributed by atoms with Gasteiger partial charge in [0, 0.05) is 13.5 Å². The summed E-state index contributed by atoms with van der Waals surface area (Å²) in [7, 11) is 1.87. The Kier molecular flexibility index (Phi) is 5.13. The number of rotatable bonds is 4. The van der Waals surface area contributed by atoms with Gasteiger partial charge in [-0.15, -0.1) is 0 Å². The van der Waals surface area contributed by atoms with E-state index in [4.69, 9.17) is 23.2 Å². The smallest absolute Gasteiger partial charge is 0.0738 e. The Morgan fingerprint density at radius 2 is 2.00 bits per heavy atom. The second-order valence-electron chi connectivity index (χ2n) is 4.78. The summed E-state index contributed by atoms with van der Waals surface area (Å²) < 4.78 is 2.74. The molecule has 0 aliphatic heterocycles. The van der Waals surface area contributed by atoms with Crippen LogP contribution in [0.3, 0.4) is 0 Å². The molecule has 1 aromatic heterocycles. The van der Waals surface area contributed by atoms with Gasteiger partial charge in [-0.2, -0.15) is 5.10 Å². The lowest BCUT2D eigenvalue weighted by Gasteiger charge is -2.12. The summed E-state index contributed by atoms with van der Waals surface area (Å²) in [4.78, 5) is 0. The zero-order chi connectivity index (χ0) is 14.9. The molecule has 1 N–H and O–H groups in total. The van der Waals surface area contributed by atoms with Gasteiger partial charge in [0.2, 0.25) is 0 Å². The Hall–Kier alpha value is -0.550. The zero-order valence-corrected chi connectivity index (χ0v) is 14.3. The Morgan fingerprint density at radius 1 is 1.30 bits per heavy atom. The number of hydrogen-bond donors (Lipinski definition) is 1. The SMILES string of the molecule is Cc1nn(C)c(CC(O)Cc2ccc(Cl)c(Cl)c2)c1Br. The van der Waals surface area contributed by atoms with Gasteiger partial charge < -0.3 is 5.11 Å². The van der Waals surface area contributed by atoms with Crippen molar-refractivity contribution >= 4 is 39.1 Å². The molecule has 20 heavy (non-hydrogen) atoms. The predicted octanol–water partition coefficient (Wildman–Crippen LogP) is 3.94. The molecular formula is C14H15BrCl2N2O. The van der Waals surface area contributed by atoms with E-state index in [0.29, 0.717) is 22.9 Å². The van der Waals surface area contributed by atoms with E-state index in [-0.39, 0.29) is 0 Å². The molecule has 0 bridgehead atoms. The Morgan fingerprint density at radius 3 is 2.55 bits per heavy atom. The predicted molar refractivity (Wildman–Crippen MR) is 85.5 cm³/mol. The third kappa shape index (κ3) is 3.55. The summed E-state index contributed by atoms with van der Waals surface area (Å²) in [5.74, 6) is 0. The Balaban J connectivity index is 2.08. The van der Waals surface area contributed by atoms with E-state index < -0.39 is 6.10 Å². The molecule has 0 radical (unpaired) electrons. The minimum Gasteiger partial charge on any atom is -0.392 e. The standard InChI is InChI=1S/C14H15BrCl2N2O/c1-8-14(15)13(19(2)18-8)7-10(20)5-9-3-4-11(16)12(17)6-9/h3-4,6,10,20H,5,7H2,1-2H3. The van der Waals surface area contributed by atoms with Gasteiger partial charge in [0.25, 0.3) is 0 Å². The fourth-order valence-corrected chi connectivity index (χ4v) is 2.95. The zero-order valence-electron chi connectivity index (χ0n) is 11.2. The second kappa shape index (κ2) is 6.48. The minimum atomic E-state index is -0.502. The summed E-state index contributed by atoms with van der Waals surface area (Å²) in [5, 5.41) is 15.6. The molecule has 1 aromatic carbocycles. The van der Waals surface area contributed by atoms with Crippen molar-refractivity contribution in [2.75, 3.05) is 0 Å². The van der Waals surface area contributed by atoms with Crippen LogP contribution in [0.1, 0.15) is 17.0 Å². The van der Waals surface area contributed by atoms with Crippen LogP contribution in [0.15, 0.2) is 22.7 Å². The molecule has 2 aromatic rings. The number of nitrogens with zero attached hydrogens (tertiary/aromatic N) is 2. The largest absolute Gasteiger partial charge is 0.392 e. The highest BCUT2D eigenvalue weighted by Gasteiger charge is 2.15. The van der Waals surface area contributed by atoms with E-state index >= 15 is 0 Å². The molecule has 3 nitrogen and oxygen atoms in total. The van der Waals surface area contributed by atoms with Crippen LogP contribution in [0, 0.1) is 6.92 Å². The van der Waals surface area contributed by atoms with Crippen molar-refractivity contribution in [3.63, 3.8) is 0 Å². The lowest BCUT2D eigenvalue weighted by atomic mass is 10.0. The van der Waals surface area contributed by atoms with Gasteiger partial charge in [-0.1, -0.05) is 29.3 Å². The maximum Gasteiger partial charge on any atom is 0.0738 e. The van der Waals surface area contributed by atoms with Gasteiger partial charge in [0.1, 0.15) is 0 Å². The van der Waals surface area contributed by atoms with E-state index in [2.05, 4.69) is 21.0 Å².